The Balaban J connectivity index is 2.11. The van der Waals surface area contributed by atoms with E-state index in [0.717, 1.165) is 26.5 Å². The largest absolute Gasteiger partial charge is 0.399 e. The normalized spacial score (nSPS) is 10.7. The Morgan fingerprint density at radius 1 is 1.11 bits per heavy atom. The summed E-state index contributed by atoms with van der Waals surface area (Å²) in [5.74, 6) is -0.441. The molecule has 3 rings (SSSR count). The number of nitrogens with two attached hydrogens (primary N) is 2. The average Bonchev–Trinajstić information content (AvgIpc) is 2.82. The number of thiazole rings is 1. The lowest BCUT2D eigenvalue weighted by molar-refractivity contribution is 0.100. The van der Waals surface area contributed by atoms with Gasteiger partial charge in [-0.15, -0.1) is 11.3 Å². The van der Waals surface area contributed by atoms with Crippen molar-refractivity contribution in [3.63, 3.8) is 0 Å². The Labute approximate surface area is 113 Å². The minimum absolute atomic E-state index is 0.441. The van der Waals surface area contributed by atoms with Crippen LogP contribution in [0.2, 0.25) is 0 Å². The van der Waals surface area contributed by atoms with E-state index < -0.39 is 5.91 Å². The van der Waals surface area contributed by atoms with E-state index in [1.165, 1.54) is 0 Å². The maximum Gasteiger partial charge on any atom is 0.248 e. The molecule has 3 aromatic rings. The number of fused-ring (bicyclic) bond motifs is 1. The van der Waals surface area contributed by atoms with Gasteiger partial charge in [0, 0.05) is 16.8 Å². The summed E-state index contributed by atoms with van der Waals surface area (Å²) in [6.07, 6.45) is 0. The number of primary amides is 1. The molecule has 0 aliphatic carbocycles. The van der Waals surface area contributed by atoms with Gasteiger partial charge >= 0.3 is 0 Å². The van der Waals surface area contributed by atoms with Crippen molar-refractivity contribution in [2.75, 3.05) is 5.73 Å². The van der Waals surface area contributed by atoms with Gasteiger partial charge in [-0.2, -0.15) is 0 Å². The highest BCUT2D eigenvalue weighted by atomic mass is 32.1. The third kappa shape index (κ3) is 2.15. The Morgan fingerprint density at radius 3 is 2.53 bits per heavy atom. The molecule has 1 amide bonds. The molecule has 0 spiro atoms. The first-order chi connectivity index (χ1) is 9.13. The summed E-state index contributed by atoms with van der Waals surface area (Å²) in [5, 5.41) is 0.900. The smallest absolute Gasteiger partial charge is 0.248 e. The number of hydrogen-bond donors (Lipinski definition) is 2. The Morgan fingerprint density at radius 2 is 1.84 bits per heavy atom. The van der Waals surface area contributed by atoms with Crippen molar-refractivity contribution in [2.45, 2.75) is 0 Å². The molecular formula is C14H11N3OS. The maximum absolute atomic E-state index is 11.1. The highest BCUT2D eigenvalue weighted by molar-refractivity contribution is 7.21. The van der Waals surface area contributed by atoms with Crippen LogP contribution in [0.4, 0.5) is 5.69 Å². The summed E-state index contributed by atoms with van der Waals surface area (Å²) in [6, 6.07) is 12.9. The van der Waals surface area contributed by atoms with Crippen molar-refractivity contribution in [2.24, 2.45) is 5.73 Å². The lowest BCUT2D eigenvalue weighted by Crippen LogP contribution is -2.10. The van der Waals surface area contributed by atoms with Gasteiger partial charge in [-0.05, 0) is 42.5 Å². The molecule has 0 fully saturated rings. The van der Waals surface area contributed by atoms with Crippen LogP contribution < -0.4 is 11.5 Å². The lowest BCUT2D eigenvalue weighted by atomic mass is 10.2. The molecule has 0 unspecified atom stereocenters. The highest BCUT2D eigenvalue weighted by Crippen LogP contribution is 2.30. The molecule has 0 saturated carbocycles. The van der Waals surface area contributed by atoms with E-state index >= 15 is 0 Å². The van der Waals surface area contributed by atoms with E-state index in [1.54, 1.807) is 23.5 Å². The molecule has 4 N–H and O–H groups in total. The first-order valence-corrected chi connectivity index (χ1v) is 6.51. The minimum Gasteiger partial charge on any atom is -0.399 e. The fourth-order valence-corrected chi connectivity index (χ4v) is 2.78. The zero-order valence-electron chi connectivity index (χ0n) is 9.96. The second-order valence-corrected chi connectivity index (χ2v) is 5.22. The van der Waals surface area contributed by atoms with Gasteiger partial charge in [-0.1, -0.05) is 0 Å². The number of nitrogen functional groups attached to an aromatic ring is 1. The standard InChI is InChI=1S/C14H11N3OS/c15-10-4-1-8(2-5-10)14-17-11-7-9(13(16)18)3-6-12(11)19-14/h1-7H,15H2,(H2,16,18). The minimum atomic E-state index is -0.441. The predicted molar refractivity (Wildman–Crippen MR) is 78.0 cm³/mol. The van der Waals surface area contributed by atoms with Crippen LogP contribution in [0.15, 0.2) is 42.5 Å². The molecule has 0 radical (unpaired) electrons. The monoisotopic (exact) mass is 269 g/mol. The van der Waals surface area contributed by atoms with Crippen LogP contribution in [-0.4, -0.2) is 10.9 Å². The van der Waals surface area contributed by atoms with Crippen molar-refractivity contribution in [3.05, 3.63) is 48.0 Å². The average molecular weight is 269 g/mol. The quantitative estimate of drug-likeness (QED) is 0.702. The van der Waals surface area contributed by atoms with Crippen LogP contribution in [0, 0.1) is 0 Å². The van der Waals surface area contributed by atoms with Gasteiger partial charge in [0.05, 0.1) is 10.2 Å². The number of carbonyl (C=O) groups excluding carboxylic acids is 1. The molecule has 4 nitrogen and oxygen atoms in total. The van der Waals surface area contributed by atoms with Crippen molar-refractivity contribution >= 4 is 33.1 Å². The van der Waals surface area contributed by atoms with Gasteiger partial charge in [-0.25, -0.2) is 4.98 Å². The molecule has 5 heteroatoms. The first-order valence-electron chi connectivity index (χ1n) is 5.70. The molecule has 1 heterocycles. The number of rotatable bonds is 2. The van der Waals surface area contributed by atoms with Crippen LogP contribution in [0.3, 0.4) is 0 Å². The van der Waals surface area contributed by atoms with E-state index in [1.807, 2.05) is 30.3 Å². The zero-order valence-corrected chi connectivity index (χ0v) is 10.8. The van der Waals surface area contributed by atoms with E-state index in [-0.39, 0.29) is 0 Å². The summed E-state index contributed by atoms with van der Waals surface area (Å²) in [7, 11) is 0. The Bertz CT molecular complexity index is 762. The van der Waals surface area contributed by atoms with E-state index in [0.29, 0.717) is 5.56 Å². The molecule has 0 aliphatic rings. The molecular weight excluding hydrogens is 258 g/mol. The van der Waals surface area contributed by atoms with Gasteiger partial charge < -0.3 is 11.5 Å². The number of anilines is 1. The molecule has 2 aromatic carbocycles. The molecule has 0 saturated heterocycles. The predicted octanol–water partition coefficient (Wildman–Crippen LogP) is 2.64. The number of aromatic nitrogens is 1. The first kappa shape index (κ1) is 11.7. The summed E-state index contributed by atoms with van der Waals surface area (Å²) in [4.78, 5) is 15.7. The Kier molecular flexibility index (Phi) is 2.68. The van der Waals surface area contributed by atoms with Crippen LogP contribution in [0.25, 0.3) is 20.8 Å². The van der Waals surface area contributed by atoms with Gasteiger partial charge in [0.25, 0.3) is 0 Å². The molecule has 19 heavy (non-hydrogen) atoms. The molecule has 94 valence electrons. The number of benzene rings is 2. The van der Waals surface area contributed by atoms with Crippen molar-refractivity contribution in [1.82, 2.24) is 4.98 Å². The van der Waals surface area contributed by atoms with E-state index in [4.69, 9.17) is 11.5 Å². The molecule has 0 bridgehead atoms. The van der Waals surface area contributed by atoms with E-state index in [2.05, 4.69) is 4.98 Å². The van der Waals surface area contributed by atoms with Crippen molar-refractivity contribution in [3.8, 4) is 10.6 Å². The fourth-order valence-electron chi connectivity index (χ4n) is 1.83. The van der Waals surface area contributed by atoms with Crippen LogP contribution in [0.1, 0.15) is 10.4 Å². The van der Waals surface area contributed by atoms with Crippen LogP contribution >= 0.6 is 11.3 Å². The van der Waals surface area contributed by atoms with Crippen LogP contribution in [-0.2, 0) is 0 Å². The zero-order chi connectivity index (χ0) is 13.4. The summed E-state index contributed by atoms with van der Waals surface area (Å²) in [6.45, 7) is 0. The number of carbonyl (C=O) groups is 1. The molecule has 1 aromatic heterocycles. The third-order valence-electron chi connectivity index (χ3n) is 2.83. The lowest BCUT2D eigenvalue weighted by Gasteiger charge is -1.95. The van der Waals surface area contributed by atoms with Gasteiger partial charge in [0.15, 0.2) is 0 Å². The molecule has 0 aliphatic heterocycles. The fraction of sp³-hybridized carbons (Fsp3) is 0. The summed E-state index contributed by atoms with van der Waals surface area (Å²) < 4.78 is 1.02. The second kappa shape index (κ2) is 4.37. The molecule has 0 atom stereocenters. The highest BCUT2D eigenvalue weighted by Gasteiger charge is 2.08. The number of amides is 1. The maximum atomic E-state index is 11.1. The Hall–Kier alpha value is -2.40. The topological polar surface area (TPSA) is 82.0 Å². The van der Waals surface area contributed by atoms with Gasteiger partial charge in [0.1, 0.15) is 5.01 Å². The van der Waals surface area contributed by atoms with Gasteiger partial charge in [0.2, 0.25) is 5.91 Å². The SMILES string of the molecule is NC(=O)c1ccc2sc(-c3ccc(N)cc3)nc2c1. The summed E-state index contributed by atoms with van der Waals surface area (Å²) in [5.41, 5.74) is 13.9. The number of nitrogens with zero attached hydrogens (tertiary/aromatic N) is 1. The van der Waals surface area contributed by atoms with Crippen molar-refractivity contribution in [1.29, 1.82) is 0 Å². The van der Waals surface area contributed by atoms with Crippen LogP contribution in [0.5, 0.6) is 0 Å². The van der Waals surface area contributed by atoms with E-state index in [9.17, 15) is 4.79 Å². The van der Waals surface area contributed by atoms with Crippen molar-refractivity contribution < 1.29 is 4.79 Å². The number of hydrogen-bond acceptors (Lipinski definition) is 4. The third-order valence-corrected chi connectivity index (χ3v) is 3.92. The van der Waals surface area contributed by atoms with Gasteiger partial charge in [-0.3, -0.25) is 4.79 Å². The summed E-state index contributed by atoms with van der Waals surface area (Å²) >= 11 is 1.57. The second-order valence-electron chi connectivity index (χ2n) is 4.19.